The zero-order chi connectivity index (χ0) is 97.0. The van der Waals surface area contributed by atoms with E-state index in [0.717, 1.165) is 215 Å². The number of hydrogen-bond acceptors (Lipinski definition) is 22. The summed E-state index contributed by atoms with van der Waals surface area (Å²) in [7, 11) is 7.79. The quantitative estimate of drug-likeness (QED) is 0.0263. The Balaban J connectivity index is 0.000000120. The summed E-state index contributed by atoms with van der Waals surface area (Å²) in [6.07, 6.45) is 40.5. The number of nitrogens with zero attached hydrogens (tertiary/aromatic N) is 18. The summed E-state index contributed by atoms with van der Waals surface area (Å²) in [4.78, 5) is 98.0. The number of fused-ring (bicyclic) bond motifs is 4. The smallest absolute Gasteiger partial charge is 0.276 e. The molecule has 30 nitrogen and oxygen atoms in total. The molecule has 30 heteroatoms. The lowest BCUT2D eigenvalue weighted by Gasteiger charge is -2.27. The van der Waals surface area contributed by atoms with Crippen molar-refractivity contribution in [2.24, 2.45) is 0 Å². The molecule has 142 heavy (non-hydrogen) atoms. The molecule has 6 saturated heterocycles. The molecule has 0 unspecified atom stereocenters. The molecule has 6 aliphatic rings. The number of rotatable bonds is 25. The summed E-state index contributed by atoms with van der Waals surface area (Å²) in [5.41, 5.74) is 23.0. The third-order valence-electron chi connectivity index (χ3n) is 27.6. The van der Waals surface area contributed by atoms with Crippen LogP contribution in [0, 0.1) is 0 Å². The van der Waals surface area contributed by atoms with Gasteiger partial charge in [-0.15, -0.1) is 0 Å². The molecule has 0 radical (unpaired) electrons. The number of aromatic nitrogens is 14. The van der Waals surface area contributed by atoms with Crippen molar-refractivity contribution in [2.75, 3.05) is 143 Å². The number of hydrogen-bond donors (Lipinski definition) is 8. The zero-order valence-electron chi connectivity index (χ0n) is 81.7. The van der Waals surface area contributed by atoms with E-state index in [9.17, 15) is 19.2 Å². The van der Waals surface area contributed by atoms with E-state index in [-0.39, 0.29) is 23.6 Å². The molecule has 728 valence electrons. The first-order valence-corrected chi connectivity index (χ1v) is 50.4. The van der Waals surface area contributed by atoms with Crippen LogP contribution in [0.1, 0.15) is 179 Å². The van der Waals surface area contributed by atoms with Gasteiger partial charge in [0, 0.05) is 184 Å². The first kappa shape index (κ1) is 96.1. The van der Waals surface area contributed by atoms with E-state index in [1.807, 2.05) is 215 Å². The van der Waals surface area contributed by atoms with E-state index >= 15 is 0 Å². The summed E-state index contributed by atoms with van der Waals surface area (Å²) >= 11 is 0. The number of pyridine rings is 6. The molecule has 22 rings (SSSR count). The predicted octanol–water partition coefficient (Wildman–Crippen LogP) is 20.0. The molecule has 6 aliphatic heterocycles. The maximum absolute atomic E-state index is 13.2. The van der Waals surface area contributed by atoms with Gasteiger partial charge in [0.15, 0.2) is 22.8 Å². The highest BCUT2D eigenvalue weighted by Crippen LogP contribution is 2.35. The van der Waals surface area contributed by atoms with E-state index in [2.05, 4.69) is 164 Å². The summed E-state index contributed by atoms with van der Waals surface area (Å²) < 4.78 is 0. The molecule has 4 amide bonds. The van der Waals surface area contributed by atoms with Crippen LogP contribution >= 0.6 is 0 Å². The van der Waals surface area contributed by atoms with Gasteiger partial charge in [-0.2, -0.15) is 20.4 Å². The summed E-state index contributed by atoms with van der Waals surface area (Å²) in [5, 5.41) is 44.2. The number of carbonyl (C=O) groups excluding carboxylic acids is 4. The molecule has 16 heterocycles. The zero-order valence-corrected chi connectivity index (χ0v) is 81.7. The predicted molar refractivity (Wildman–Crippen MR) is 566 cm³/mol. The first-order chi connectivity index (χ1) is 69.6. The van der Waals surface area contributed by atoms with Crippen LogP contribution in [0.3, 0.4) is 0 Å². The van der Waals surface area contributed by atoms with Crippen molar-refractivity contribution in [2.45, 2.75) is 142 Å². The normalized spacial score (nSPS) is 15.6. The van der Waals surface area contributed by atoms with E-state index in [4.69, 9.17) is 0 Å². The van der Waals surface area contributed by atoms with Gasteiger partial charge in [0.2, 0.25) is 0 Å². The highest BCUT2D eigenvalue weighted by molar-refractivity contribution is 6.15. The minimum Gasteiger partial charge on any atom is -0.378 e. The van der Waals surface area contributed by atoms with Crippen molar-refractivity contribution in [1.29, 1.82) is 0 Å². The molecule has 16 aromatic rings. The van der Waals surface area contributed by atoms with Crippen LogP contribution in [0.25, 0.3) is 88.1 Å². The highest BCUT2D eigenvalue weighted by atomic mass is 16.2. The molecule has 6 fully saturated rings. The summed E-state index contributed by atoms with van der Waals surface area (Å²) in [6.45, 7) is 18.3. The maximum Gasteiger partial charge on any atom is 0.276 e. The van der Waals surface area contributed by atoms with E-state index < -0.39 is 0 Å². The number of likely N-dealkylation sites (tertiary alicyclic amines) is 5. The summed E-state index contributed by atoms with van der Waals surface area (Å²) in [6, 6.07) is 56.4. The van der Waals surface area contributed by atoms with Crippen LogP contribution in [0.4, 0.5) is 40.1 Å². The van der Waals surface area contributed by atoms with Crippen molar-refractivity contribution in [3.63, 3.8) is 0 Å². The van der Waals surface area contributed by atoms with Gasteiger partial charge in [-0.1, -0.05) is 68.1 Å². The molecule has 0 spiro atoms. The van der Waals surface area contributed by atoms with Crippen LogP contribution in [0.2, 0.25) is 0 Å². The van der Waals surface area contributed by atoms with Gasteiger partial charge in [-0.25, -0.2) is 9.97 Å². The molecular weight excluding hydrogens is 1770 g/mol. The first-order valence-electron chi connectivity index (χ1n) is 50.4. The Labute approximate surface area is 828 Å². The van der Waals surface area contributed by atoms with Crippen LogP contribution in [-0.4, -0.2) is 226 Å². The number of aromatic amines is 4. The fraction of sp³-hybridized carbons (Fsp3) is 0.339. The second-order valence-electron chi connectivity index (χ2n) is 38.7. The third kappa shape index (κ3) is 24.6. The van der Waals surface area contributed by atoms with Crippen LogP contribution in [-0.2, 0) is 32.7 Å². The van der Waals surface area contributed by atoms with Crippen molar-refractivity contribution < 1.29 is 19.2 Å². The number of carbonyl (C=O) groups is 4. The largest absolute Gasteiger partial charge is 0.378 e. The minimum absolute atomic E-state index is 0.215. The lowest BCUT2D eigenvalue weighted by Crippen LogP contribution is -2.30. The van der Waals surface area contributed by atoms with E-state index in [1.54, 1.807) is 12.4 Å². The standard InChI is InChI=1S/C30H34N6O.C29H33N7O.C27H30N6O.C26H29N7O/c37-30(32-26-9-6-22(7-10-26)20-35-14-4-5-15-35)29-27-17-24(8-11-28(27)33-34-29)25-16-23(18-31-19-25)21-36-12-2-1-3-13-36;37-29(32-24-8-10-27(31-19-24)36-13-5-2-6-14-36)28-25-16-22(7-9-26(25)33-34-28)23-15-21(17-30-18-23)20-35-11-3-1-4-12-35;1-32(2)23-8-6-7-22(15-23)29-27(34)26-24-14-20(9-10-25(24)30-31-26)21-13-19(16-28-17-21)18-33-11-4-3-5-12-33;1-32(2)24-9-7-21(16-28-24)29-26(34)25-22-13-19(6-8-23(22)30-31-25)20-12-18(14-27-15-20)17-33-10-4-3-5-11-33/h6-11,16-19H,1-5,12-15,20-21H2,(H,32,37)(H,33,34);7-10,15-19H,1-6,11-14,20H2,(H,32,37)(H,33,34);6-10,13-17H,3-5,11-12,18H2,1-2H3,(H,29,34)(H,30,31);6-9,12-16H,3-5,10-11,17H2,1-2H3,(H,29,34)(H,30,31). The average Bonchev–Trinajstić information content (AvgIpc) is 1.65. The van der Waals surface area contributed by atoms with Crippen molar-refractivity contribution in [1.82, 2.24) is 95.2 Å². The Bertz CT molecular complexity index is 6990. The molecule has 6 aromatic carbocycles. The molecule has 0 atom stereocenters. The SMILES string of the molecule is CN(C)c1ccc(NC(=O)c2n[nH]c3ccc(-c4cncc(CN5CCCCC5)c4)cc23)cn1.CN(C)c1cccc(NC(=O)c2n[nH]c3ccc(-c4cncc(CN5CCCCC5)c4)cc23)c1.O=C(Nc1ccc(CN2CCCC2)cc1)c1n[nH]c2ccc(-c3cncc(CN4CCCCC4)c3)cc12.O=C(Nc1ccc(N2CCCCC2)nc1)c1n[nH]c2ccc(-c3cncc(CN4CCCCC4)c3)cc12. The number of anilines is 7. The second-order valence-corrected chi connectivity index (χ2v) is 38.7. The number of H-pyrrole nitrogens is 4. The Morgan fingerprint density at radius 2 is 0.585 bits per heavy atom. The Hall–Kier alpha value is -14.8. The maximum atomic E-state index is 13.2. The molecule has 10 aromatic heterocycles. The van der Waals surface area contributed by atoms with Crippen molar-refractivity contribution in [3.05, 3.63) is 282 Å². The number of piperidine rings is 5. The van der Waals surface area contributed by atoms with E-state index in [1.165, 1.54) is 150 Å². The monoisotopic (exact) mass is 1900 g/mol. The fourth-order valence-corrected chi connectivity index (χ4v) is 19.9. The number of amides is 4. The minimum atomic E-state index is -0.278. The Morgan fingerprint density at radius 3 is 0.908 bits per heavy atom. The average molecular weight is 1900 g/mol. The van der Waals surface area contributed by atoms with Gasteiger partial charge in [0.05, 0.1) is 45.8 Å². The lowest BCUT2D eigenvalue weighted by molar-refractivity contribution is 0.101. The fourth-order valence-electron chi connectivity index (χ4n) is 19.9. The van der Waals surface area contributed by atoms with Gasteiger partial charge in [0.1, 0.15) is 11.6 Å². The van der Waals surface area contributed by atoms with Gasteiger partial charge >= 0.3 is 0 Å². The topological polar surface area (TPSA) is 334 Å². The molecule has 8 N–H and O–H groups in total. The van der Waals surface area contributed by atoms with Crippen molar-refractivity contribution >= 4 is 107 Å². The third-order valence-corrected chi connectivity index (χ3v) is 27.6. The Kier molecular flexibility index (Phi) is 31.2. The van der Waals surface area contributed by atoms with Gasteiger partial charge in [-0.3, -0.25) is 84.0 Å². The van der Waals surface area contributed by atoms with Crippen LogP contribution in [0.5, 0.6) is 0 Å². The van der Waals surface area contributed by atoms with Crippen molar-refractivity contribution in [3.8, 4) is 44.5 Å². The Morgan fingerprint density at radius 1 is 0.275 bits per heavy atom. The van der Waals surface area contributed by atoms with Gasteiger partial charge in [0.25, 0.3) is 23.6 Å². The highest BCUT2D eigenvalue weighted by Gasteiger charge is 2.26. The number of benzene rings is 6. The van der Waals surface area contributed by atoms with Crippen LogP contribution in [0.15, 0.2) is 232 Å². The lowest BCUT2D eigenvalue weighted by atomic mass is 10.0. The van der Waals surface area contributed by atoms with Gasteiger partial charge < -0.3 is 36.0 Å². The summed E-state index contributed by atoms with van der Waals surface area (Å²) in [5.74, 6) is 0.796. The van der Waals surface area contributed by atoms with Crippen LogP contribution < -0.4 is 36.0 Å². The molecule has 0 saturated carbocycles. The molecule has 0 aliphatic carbocycles. The second kappa shape index (κ2) is 46.1. The molecule has 0 bridgehead atoms. The van der Waals surface area contributed by atoms with E-state index in [0.29, 0.717) is 34.2 Å². The van der Waals surface area contributed by atoms with Gasteiger partial charge in [-0.05, 0) is 326 Å². The molecular formula is C112H126N26O4. The number of nitrogens with one attached hydrogen (secondary N) is 8.